The maximum atomic E-state index is 12.2. The van der Waals surface area contributed by atoms with Crippen LogP contribution in [0.2, 0.25) is 0 Å². The highest BCUT2D eigenvalue weighted by Gasteiger charge is 2.21. The third kappa shape index (κ3) is 3.78. The number of nitrogens with one attached hydrogen (secondary N) is 1. The molecule has 0 aliphatic heterocycles. The van der Waals surface area contributed by atoms with Gasteiger partial charge < -0.3 is 0 Å². The fraction of sp³-hybridized carbons (Fsp3) is 0.125. The van der Waals surface area contributed by atoms with Gasteiger partial charge in [0, 0.05) is 5.56 Å². The van der Waals surface area contributed by atoms with E-state index in [1.165, 1.54) is 15.6 Å². The first-order valence-electron chi connectivity index (χ1n) is 7.31. The zero-order chi connectivity index (χ0) is 18.0. The molecule has 0 aliphatic carbocycles. The summed E-state index contributed by atoms with van der Waals surface area (Å²) in [6, 6.07) is 14.1. The number of para-hydroxylation sites is 1. The molecule has 1 amide bonds. The highest BCUT2D eigenvalue weighted by atomic mass is 32.2. The molecule has 0 fully saturated rings. The predicted octanol–water partition coefficient (Wildman–Crippen LogP) is 1.87. The molecule has 3 rings (SSSR count). The van der Waals surface area contributed by atoms with Crippen LogP contribution in [0.4, 0.5) is 5.13 Å². The fourth-order valence-corrected chi connectivity index (χ4v) is 4.40. The van der Waals surface area contributed by atoms with Gasteiger partial charge in [-0.3, -0.25) is 10.2 Å². The van der Waals surface area contributed by atoms with Crippen LogP contribution in [0.3, 0.4) is 0 Å². The van der Waals surface area contributed by atoms with Crippen LogP contribution in [0, 0.1) is 0 Å². The maximum Gasteiger partial charge on any atom is 0.265 e. The van der Waals surface area contributed by atoms with Gasteiger partial charge in [0.15, 0.2) is 0 Å². The average Bonchev–Trinajstić information content (AvgIpc) is 3.02. The number of anilines is 1. The molecule has 0 atom stereocenters. The summed E-state index contributed by atoms with van der Waals surface area (Å²) >= 11 is 1.32. The Bertz CT molecular complexity index is 980. The highest BCUT2D eigenvalue weighted by Crippen LogP contribution is 2.31. The summed E-state index contributed by atoms with van der Waals surface area (Å²) in [4.78, 5) is 15.9. The first-order valence-corrected chi connectivity index (χ1v) is 9.98. The number of hydrogen-bond acceptors (Lipinski definition) is 6. The van der Waals surface area contributed by atoms with Gasteiger partial charge in [-0.15, -0.1) is 0 Å². The van der Waals surface area contributed by atoms with Crippen molar-refractivity contribution in [3.8, 4) is 0 Å². The number of thiazole rings is 1. The van der Waals surface area contributed by atoms with Gasteiger partial charge in [-0.1, -0.05) is 35.6 Å². The lowest BCUT2D eigenvalue weighted by molar-refractivity contribution is 0.0953. The molecule has 0 saturated heterocycles. The number of sulfonamides is 1. The first-order chi connectivity index (χ1) is 11.9. The van der Waals surface area contributed by atoms with Gasteiger partial charge in [-0.05, 0) is 29.8 Å². The largest absolute Gasteiger partial charge is 0.290 e. The number of rotatable bonds is 5. The lowest BCUT2D eigenvalue weighted by Gasteiger charge is -2.19. The van der Waals surface area contributed by atoms with E-state index in [9.17, 15) is 13.2 Å². The molecule has 130 valence electrons. The Balaban J connectivity index is 1.93. The summed E-state index contributed by atoms with van der Waals surface area (Å²) in [5, 5.41) is 0.410. The lowest BCUT2D eigenvalue weighted by Crippen LogP contribution is -2.30. The van der Waals surface area contributed by atoms with Crippen LogP contribution >= 0.6 is 11.3 Å². The van der Waals surface area contributed by atoms with Crippen LogP contribution in [0.15, 0.2) is 48.5 Å². The number of fused-ring (bicyclic) bond motifs is 1. The van der Waals surface area contributed by atoms with Gasteiger partial charge in [0.25, 0.3) is 5.91 Å². The van der Waals surface area contributed by atoms with E-state index < -0.39 is 15.9 Å². The molecular formula is C16H16N4O3S2. The van der Waals surface area contributed by atoms with Crippen molar-refractivity contribution in [1.29, 1.82) is 0 Å². The third-order valence-corrected chi connectivity index (χ3v) is 5.85. The first kappa shape index (κ1) is 17.3. The van der Waals surface area contributed by atoms with E-state index in [2.05, 4.69) is 10.4 Å². The summed E-state index contributed by atoms with van der Waals surface area (Å²) in [6.07, 6.45) is 1.15. The fourth-order valence-electron chi connectivity index (χ4n) is 2.30. The second kappa shape index (κ2) is 6.79. The monoisotopic (exact) mass is 376 g/mol. The molecule has 0 bridgehead atoms. The molecule has 0 aliphatic rings. The van der Waals surface area contributed by atoms with Gasteiger partial charge in [0.05, 0.1) is 23.0 Å². The van der Waals surface area contributed by atoms with Crippen molar-refractivity contribution in [2.75, 3.05) is 10.6 Å². The molecular weight excluding hydrogens is 360 g/mol. The van der Waals surface area contributed by atoms with Gasteiger partial charge in [0.1, 0.15) is 0 Å². The number of amides is 1. The van der Waals surface area contributed by atoms with E-state index in [-0.39, 0.29) is 6.54 Å². The van der Waals surface area contributed by atoms with Crippen LogP contribution in [0.25, 0.3) is 10.2 Å². The normalized spacial score (nSPS) is 11.4. The van der Waals surface area contributed by atoms with Crippen LogP contribution < -0.4 is 15.6 Å². The quantitative estimate of drug-likeness (QED) is 0.402. The van der Waals surface area contributed by atoms with Crippen molar-refractivity contribution < 1.29 is 13.2 Å². The SMILES string of the molecule is CS(=O)(=O)N(Cc1ccc(C(=O)NN)cc1)c1nc2ccccc2s1. The Morgan fingerprint density at radius 3 is 2.48 bits per heavy atom. The number of nitrogens with two attached hydrogens (primary N) is 1. The highest BCUT2D eigenvalue weighted by molar-refractivity contribution is 7.92. The second-order valence-electron chi connectivity index (χ2n) is 5.40. The number of carbonyl (C=O) groups is 1. The zero-order valence-electron chi connectivity index (χ0n) is 13.3. The summed E-state index contributed by atoms with van der Waals surface area (Å²) in [5.74, 6) is 4.69. The lowest BCUT2D eigenvalue weighted by atomic mass is 10.1. The molecule has 1 heterocycles. The van der Waals surface area contributed by atoms with Crippen molar-refractivity contribution >= 4 is 42.6 Å². The van der Waals surface area contributed by atoms with Crippen molar-refractivity contribution in [3.63, 3.8) is 0 Å². The Labute approximate surface area is 149 Å². The molecule has 0 radical (unpaired) electrons. The number of carbonyl (C=O) groups excluding carboxylic acids is 1. The molecule has 2 aromatic carbocycles. The van der Waals surface area contributed by atoms with Crippen LogP contribution in [0.1, 0.15) is 15.9 Å². The molecule has 0 spiro atoms. The number of benzene rings is 2. The molecule has 0 unspecified atom stereocenters. The van der Waals surface area contributed by atoms with Gasteiger partial charge >= 0.3 is 0 Å². The van der Waals surface area contributed by atoms with E-state index in [0.717, 1.165) is 22.0 Å². The van der Waals surface area contributed by atoms with Gasteiger partial charge in [-0.25, -0.2) is 23.5 Å². The Morgan fingerprint density at radius 2 is 1.88 bits per heavy atom. The van der Waals surface area contributed by atoms with Crippen molar-refractivity contribution in [3.05, 3.63) is 59.7 Å². The molecule has 9 heteroatoms. The number of hydrazine groups is 1. The predicted molar refractivity (Wildman–Crippen MR) is 98.7 cm³/mol. The Kier molecular flexibility index (Phi) is 4.71. The minimum absolute atomic E-state index is 0.128. The molecule has 7 nitrogen and oxygen atoms in total. The van der Waals surface area contributed by atoms with Crippen LogP contribution in [-0.2, 0) is 16.6 Å². The maximum absolute atomic E-state index is 12.2. The van der Waals surface area contributed by atoms with E-state index in [1.807, 2.05) is 24.3 Å². The zero-order valence-corrected chi connectivity index (χ0v) is 15.0. The van der Waals surface area contributed by atoms with E-state index in [1.54, 1.807) is 24.3 Å². The van der Waals surface area contributed by atoms with E-state index in [0.29, 0.717) is 10.7 Å². The van der Waals surface area contributed by atoms with Gasteiger partial charge in [-0.2, -0.15) is 0 Å². The smallest absolute Gasteiger partial charge is 0.265 e. The molecule has 3 N–H and O–H groups in total. The van der Waals surface area contributed by atoms with Crippen molar-refractivity contribution in [1.82, 2.24) is 10.4 Å². The number of hydrogen-bond donors (Lipinski definition) is 2. The summed E-state index contributed by atoms with van der Waals surface area (Å²) in [6.45, 7) is 0.128. The minimum Gasteiger partial charge on any atom is -0.290 e. The van der Waals surface area contributed by atoms with Crippen molar-refractivity contribution in [2.45, 2.75) is 6.54 Å². The number of aromatic nitrogens is 1. The summed E-state index contributed by atoms with van der Waals surface area (Å²) < 4.78 is 26.7. The standard InChI is InChI=1S/C16H16N4O3S2/c1-25(22,23)20(16-18-13-4-2-3-5-14(13)24-16)10-11-6-8-12(9-7-11)15(21)19-17/h2-9H,10,17H2,1H3,(H,19,21). The van der Waals surface area contributed by atoms with E-state index >= 15 is 0 Å². The number of nitrogen functional groups attached to an aromatic ring is 1. The molecule has 3 aromatic rings. The number of nitrogens with zero attached hydrogens (tertiary/aromatic N) is 2. The van der Waals surface area contributed by atoms with Crippen LogP contribution in [0.5, 0.6) is 0 Å². The molecule has 1 aromatic heterocycles. The topological polar surface area (TPSA) is 105 Å². The third-order valence-electron chi connectivity index (χ3n) is 3.57. The van der Waals surface area contributed by atoms with Gasteiger partial charge in [0.2, 0.25) is 15.2 Å². The van der Waals surface area contributed by atoms with Crippen LogP contribution in [-0.4, -0.2) is 25.6 Å². The summed E-state index contributed by atoms with van der Waals surface area (Å²) in [7, 11) is -3.51. The van der Waals surface area contributed by atoms with E-state index in [4.69, 9.17) is 5.84 Å². The average molecular weight is 376 g/mol. The van der Waals surface area contributed by atoms with Crippen molar-refractivity contribution in [2.24, 2.45) is 5.84 Å². The molecule has 0 saturated carbocycles. The summed E-state index contributed by atoms with van der Waals surface area (Å²) in [5.41, 5.74) is 3.94. The molecule has 25 heavy (non-hydrogen) atoms. The Hall–Kier alpha value is -2.49. The Morgan fingerprint density at radius 1 is 1.20 bits per heavy atom. The minimum atomic E-state index is -3.51. The second-order valence-corrected chi connectivity index (χ2v) is 8.32.